The predicted molar refractivity (Wildman–Crippen MR) is 125 cm³/mol. The van der Waals surface area contributed by atoms with Crippen molar-refractivity contribution in [1.82, 2.24) is 4.90 Å². The van der Waals surface area contributed by atoms with Gasteiger partial charge in [0.2, 0.25) is 0 Å². The van der Waals surface area contributed by atoms with Crippen LogP contribution in [0, 0.1) is 0 Å². The Morgan fingerprint density at radius 2 is 1.87 bits per heavy atom. The van der Waals surface area contributed by atoms with E-state index in [1.165, 1.54) is 10.4 Å². The van der Waals surface area contributed by atoms with Crippen molar-refractivity contribution in [2.24, 2.45) is 0 Å². The lowest BCUT2D eigenvalue weighted by atomic mass is 9.85. The van der Waals surface area contributed by atoms with Crippen LogP contribution in [0.25, 0.3) is 10.4 Å². The van der Waals surface area contributed by atoms with E-state index in [0.29, 0.717) is 19.4 Å². The van der Waals surface area contributed by atoms with E-state index in [2.05, 4.69) is 48.7 Å². The fourth-order valence-corrected chi connectivity index (χ4v) is 5.17. The van der Waals surface area contributed by atoms with Gasteiger partial charge in [0.1, 0.15) is 5.60 Å². The number of hydrogen-bond donors (Lipinski definition) is 1. The molecule has 0 aliphatic carbocycles. The number of benzene rings is 2. The van der Waals surface area contributed by atoms with Crippen molar-refractivity contribution in [1.29, 1.82) is 0 Å². The molecule has 3 aromatic rings. The van der Waals surface area contributed by atoms with Gasteiger partial charge >= 0.3 is 6.09 Å². The molecule has 1 aliphatic heterocycles. The molecule has 162 valence electrons. The fourth-order valence-electron chi connectivity index (χ4n) is 4.43. The molecular weight excluding hydrogens is 406 g/mol. The number of carbonyl (C=O) groups is 1. The maximum atomic E-state index is 13.3. The molecule has 31 heavy (non-hydrogen) atoms. The van der Waals surface area contributed by atoms with Crippen LogP contribution >= 0.6 is 11.3 Å². The molecule has 5 heteroatoms. The first-order valence-corrected chi connectivity index (χ1v) is 11.8. The number of hydrogen-bond acceptors (Lipinski definition) is 4. The minimum absolute atomic E-state index is 0.0747. The lowest BCUT2D eigenvalue weighted by Gasteiger charge is -2.34. The highest BCUT2D eigenvalue weighted by molar-refractivity contribution is 7.13. The molecule has 1 fully saturated rings. The van der Waals surface area contributed by atoms with Gasteiger partial charge < -0.3 is 14.7 Å². The van der Waals surface area contributed by atoms with Crippen LogP contribution in [0.3, 0.4) is 0 Å². The molecule has 0 spiro atoms. The topological polar surface area (TPSA) is 49.8 Å². The van der Waals surface area contributed by atoms with Crippen molar-refractivity contribution in [2.45, 2.75) is 44.2 Å². The molecular formula is C26H29NO3S. The molecule has 2 aromatic carbocycles. The van der Waals surface area contributed by atoms with Gasteiger partial charge in [-0.15, -0.1) is 11.3 Å². The quantitative estimate of drug-likeness (QED) is 0.469. The summed E-state index contributed by atoms with van der Waals surface area (Å²) in [4.78, 5) is 16.4. The van der Waals surface area contributed by atoms with Gasteiger partial charge in [-0.25, -0.2) is 4.79 Å². The monoisotopic (exact) mass is 435 g/mol. The summed E-state index contributed by atoms with van der Waals surface area (Å²) < 4.78 is 6.20. The van der Waals surface area contributed by atoms with Crippen molar-refractivity contribution in [2.75, 3.05) is 13.2 Å². The molecule has 1 amide bonds. The first-order chi connectivity index (χ1) is 15.1. The van der Waals surface area contributed by atoms with Crippen LogP contribution in [0.1, 0.15) is 49.8 Å². The summed E-state index contributed by atoms with van der Waals surface area (Å²) >= 11 is 1.72. The van der Waals surface area contributed by atoms with E-state index < -0.39 is 5.60 Å². The second-order valence-electron chi connectivity index (χ2n) is 8.13. The average Bonchev–Trinajstić information content (AvgIpc) is 3.29. The van der Waals surface area contributed by atoms with Gasteiger partial charge in [0.15, 0.2) is 0 Å². The number of ether oxygens (including phenoxy) is 1. The molecule has 2 unspecified atom stereocenters. The van der Waals surface area contributed by atoms with Crippen LogP contribution in [0.5, 0.6) is 0 Å². The maximum Gasteiger partial charge on any atom is 0.411 e. The summed E-state index contributed by atoms with van der Waals surface area (Å²) in [6.07, 6.45) is 2.54. The Balaban J connectivity index is 1.54. The highest BCUT2D eigenvalue weighted by atomic mass is 32.1. The highest BCUT2D eigenvalue weighted by Gasteiger charge is 2.40. The van der Waals surface area contributed by atoms with Gasteiger partial charge in [0.05, 0.1) is 6.04 Å². The minimum atomic E-state index is -0.682. The molecule has 1 aromatic heterocycles. The van der Waals surface area contributed by atoms with Crippen molar-refractivity contribution in [3.05, 3.63) is 83.2 Å². The smallest absolute Gasteiger partial charge is 0.411 e. The van der Waals surface area contributed by atoms with Crippen molar-refractivity contribution < 1.29 is 14.6 Å². The Kier molecular flexibility index (Phi) is 6.73. The molecule has 0 bridgehead atoms. The van der Waals surface area contributed by atoms with Gasteiger partial charge in [-0.2, -0.15) is 0 Å². The summed E-state index contributed by atoms with van der Waals surface area (Å²) in [5, 5.41) is 11.5. The second kappa shape index (κ2) is 9.67. The SMILES string of the molecule is CC(c1ccc(-c2cccs2)cc1)N1CCCC(CCCO)(c2ccccc2)OC1=O. The predicted octanol–water partition coefficient (Wildman–Crippen LogP) is 6.38. The minimum Gasteiger partial charge on any atom is -0.438 e. The first-order valence-electron chi connectivity index (χ1n) is 10.9. The summed E-state index contributed by atoms with van der Waals surface area (Å²) in [5.41, 5.74) is 2.61. The molecule has 1 saturated heterocycles. The summed E-state index contributed by atoms with van der Waals surface area (Å²) in [6, 6.07) is 22.5. The maximum absolute atomic E-state index is 13.3. The van der Waals surface area contributed by atoms with Gasteiger partial charge in [0.25, 0.3) is 0 Å². The van der Waals surface area contributed by atoms with Crippen LogP contribution in [0.2, 0.25) is 0 Å². The van der Waals surface area contributed by atoms with E-state index in [1.807, 2.05) is 35.2 Å². The normalized spacial score (nSPS) is 20.2. The second-order valence-corrected chi connectivity index (χ2v) is 9.08. The molecule has 4 rings (SSSR count). The molecule has 2 heterocycles. The Labute approximate surface area is 188 Å². The summed E-state index contributed by atoms with van der Waals surface area (Å²) in [7, 11) is 0. The Morgan fingerprint density at radius 3 is 2.55 bits per heavy atom. The van der Waals surface area contributed by atoms with Gasteiger partial charge in [0, 0.05) is 18.0 Å². The third-order valence-corrected chi connectivity index (χ3v) is 7.12. The van der Waals surface area contributed by atoms with Gasteiger partial charge in [-0.3, -0.25) is 0 Å². The van der Waals surface area contributed by atoms with E-state index in [1.54, 1.807) is 11.3 Å². The number of aliphatic hydroxyl groups excluding tert-OH is 1. The van der Waals surface area contributed by atoms with Gasteiger partial charge in [-0.05, 0) is 60.7 Å². The Hall–Kier alpha value is -2.63. The molecule has 2 atom stereocenters. The van der Waals surface area contributed by atoms with Crippen LogP contribution in [0.4, 0.5) is 4.79 Å². The molecule has 4 nitrogen and oxygen atoms in total. The van der Waals surface area contributed by atoms with Gasteiger partial charge in [-0.1, -0.05) is 60.7 Å². The molecule has 0 radical (unpaired) electrons. The third kappa shape index (κ3) is 4.68. The number of amides is 1. The van der Waals surface area contributed by atoms with Crippen LogP contribution in [-0.4, -0.2) is 29.3 Å². The number of rotatable bonds is 7. The van der Waals surface area contributed by atoms with E-state index >= 15 is 0 Å². The number of nitrogens with zero attached hydrogens (tertiary/aromatic N) is 1. The zero-order valence-corrected chi connectivity index (χ0v) is 18.7. The van der Waals surface area contributed by atoms with Crippen LogP contribution in [0.15, 0.2) is 72.1 Å². The number of aliphatic hydroxyl groups is 1. The first kappa shape index (κ1) is 21.6. The molecule has 0 saturated carbocycles. The van der Waals surface area contributed by atoms with Crippen molar-refractivity contribution in [3.8, 4) is 10.4 Å². The van der Waals surface area contributed by atoms with Crippen LogP contribution in [-0.2, 0) is 10.3 Å². The van der Waals surface area contributed by atoms with E-state index in [0.717, 1.165) is 24.0 Å². The Morgan fingerprint density at radius 1 is 1.10 bits per heavy atom. The van der Waals surface area contributed by atoms with Crippen LogP contribution < -0.4 is 0 Å². The van der Waals surface area contributed by atoms with E-state index in [9.17, 15) is 9.90 Å². The number of carbonyl (C=O) groups excluding carboxylic acids is 1. The standard InChI is InChI=1S/C26H29NO3S/c1-20(21-11-13-22(14-12-21)24-10-5-19-31-24)27-17-6-15-26(16-7-18-28,30-25(27)29)23-8-3-2-4-9-23/h2-5,8-14,19-20,28H,6-7,15-18H2,1H3. The van der Waals surface area contributed by atoms with Crippen molar-refractivity contribution >= 4 is 17.4 Å². The fraction of sp³-hybridized carbons (Fsp3) is 0.346. The largest absolute Gasteiger partial charge is 0.438 e. The molecule has 1 aliphatic rings. The zero-order chi connectivity index (χ0) is 21.7. The zero-order valence-electron chi connectivity index (χ0n) is 17.9. The van der Waals surface area contributed by atoms with Crippen molar-refractivity contribution in [3.63, 3.8) is 0 Å². The molecule has 1 N–H and O–H groups in total. The lowest BCUT2D eigenvalue weighted by Crippen LogP contribution is -2.37. The highest BCUT2D eigenvalue weighted by Crippen LogP contribution is 2.40. The summed E-state index contributed by atoms with van der Waals surface area (Å²) in [5.74, 6) is 0. The summed E-state index contributed by atoms with van der Waals surface area (Å²) in [6.45, 7) is 2.80. The third-order valence-electron chi connectivity index (χ3n) is 6.20. The lowest BCUT2D eigenvalue weighted by molar-refractivity contribution is -0.0180. The van der Waals surface area contributed by atoms with E-state index in [4.69, 9.17) is 4.74 Å². The Bertz CT molecular complexity index is 972. The number of cyclic esters (lactones) is 1. The average molecular weight is 436 g/mol. The van der Waals surface area contributed by atoms with E-state index in [-0.39, 0.29) is 18.7 Å². The number of thiophene rings is 1.